The van der Waals surface area contributed by atoms with E-state index < -0.39 is 58.0 Å². The first-order valence-corrected chi connectivity index (χ1v) is 11.2. The minimum absolute atomic E-state index is 0.187. The summed E-state index contributed by atoms with van der Waals surface area (Å²) in [6.07, 6.45) is -4.70. The van der Waals surface area contributed by atoms with Gasteiger partial charge >= 0.3 is 12.1 Å². The average Bonchev–Trinajstić information content (AvgIpc) is 2.92. The number of carbonyl (C=O) groups is 1. The molecule has 1 aliphatic carbocycles. The van der Waals surface area contributed by atoms with E-state index in [9.17, 15) is 38.4 Å². The van der Waals surface area contributed by atoms with Gasteiger partial charge < -0.3 is 29.9 Å². The van der Waals surface area contributed by atoms with E-state index in [2.05, 4.69) is 4.98 Å². The molecule has 1 saturated carbocycles. The molecule has 0 amide bonds. The fourth-order valence-corrected chi connectivity index (χ4v) is 5.81. The molecule has 2 bridgehead atoms. The van der Waals surface area contributed by atoms with Crippen LogP contribution in [0.3, 0.4) is 0 Å². The summed E-state index contributed by atoms with van der Waals surface area (Å²) in [6.45, 7) is 0. The molecule has 3 aromatic rings. The topological polar surface area (TPSA) is 129 Å². The molecule has 1 aromatic heterocycles. The summed E-state index contributed by atoms with van der Waals surface area (Å²) >= 11 is 6.09. The van der Waals surface area contributed by atoms with E-state index in [1.807, 2.05) is 0 Å². The van der Waals surface area contributed by atoms with Gasteiger partial charge in [-0.3, -0.25) is 4.79 Å². The molecule has 194 valence electrons. The highest BCUT2D eigenvalue weighted by Crippen LogP contribution is 2.71. The highest BCUT2D eigenvalue weighted by atomic mass is 35.5. The fraction of sp³-hybridized carbons (Fsp3) is 0.280. The van der Waals surface area contributed by atoms with Crippen molar-refractivity contribution in [1.82, 2.24) is 4.98 Å². The lowest BCUT2D eigenvalue weighted by molar-refractivity contribution is -0.341. The van der Waals surface area contributed by atoms with Crippen LogP contribution >= 0.6 is 11.6 Å². The van der Waals surface area contributed by atoms with Crippen LogP contribution in [0.4, 0.5) is 13.2 Å². The number of halogens is 4. The van der Waals surface area contributed by atoms with Crippen molar-refractivity contribution < 1.29 is 47.9 Å². The quantitative estimate of drug-likeness (QED) is 0.294. The van der Waals surface area contributed by atoms with Gasteiger partial charge in [-0.05, 0) is 17.7 Å². The lowest BCUT2D eigenvalue weighted by Crippen LogP contribution is -2.65. The molecule has 2 aromatic carbocycles. The number of nitrogens with zero attached hydrogens (tertiary/aromatic N) is 1. The molecule has 1 fully saturated rings. The Morgan fingerprint density at radius 3 is 2.24 bits per heavy atom. The molecule has 8 nitrogen and oxygen atoms in total. The predicted molar refractivity (Wildman–Crippen MR) is 121 cm³/mol. The number of pyridine rings is 1. The number of carboxylic acid groups (broad SMARTS) is 1. The van der Waals surface area contributed by atoms with Crippen LogP contribution in [0.15, 0.2) is 60.7 Å². The number of alkyl halides is 3. The van der Waals surface area contributed by atoms with Crippen molar-refractivity contribution in [2.75, 3.05) is 7.11 Å². The number of methoxy groups -OCH3 is 1. The van der Waals surface area contributed by atoms with Crippen molar-refractivity contribution in [3.8, 4) is 11.6 Å². The highest BCUT2D eigenvalue weighted by Gasteiger charge is 2.84. The molecule has 4 atom stereocenters. The van der Waals surface area contributed by atoms with Crippen LogP contribution in [0.5, 0.6) is 11.6 Å². The largest absolute Gasteiger partial charge is 0.481 e. The third kappa shape index (κ3) is 3.21. The van der Waals surface area contributed by atoms with Gasteiger partial charge in [-0.25, -0.2) is 4.98 Å². The number of hydrogen-bond acceptors (Lipinski definition) is 7. The van der Waals surface area contributed by atoms with Gasteiger partial charge in [0.15, 0.2) is 11.2 Å². The van der Waals surface area contributed by atoms with Crippen LogP contribution in [-0.4, -0.2) is 44.3 Å². The second-order valence-electron chi connectivity index (χ2n) is 8.88. The first-order valence-electron chi connectivity index (χ1n) is 10.9. The van der Waals surface area contributed by atoms with Crippen LogP contribution < -0.4 is 9.47 Å². The third-order valence-corrected chi connectivity index (χ3v) is 7.29. The first-order chi connectivity index (χ1) is 17.3. The van der Waals surface area contributed by atoms with E-state index in [1.165, 1.54) is 12.1 Å². The molecule has 0 saturated heterocycles. The van der Waals surface area contributed by atoms with Gasteiger partial charge in [-0.15, -0.1) is 0 Å². The highest BCUT2D eigenvalue weighted by molar-refractivity contribution is 6.29. The van der Waals surface area contributed by atoms with Gasteiger partial charge in [-0.1, -0.05) is 54.1 Å². The Labute approximate surface area is 212 Å². The van der Waals surface area contributed by atoms with Crippen molar-refractivity contribution in [3.63, 3.8) is 0 Å². The second kappa shape index (κ2) is 8.06. The Hall–Kier alpha value is -3.38. The normalized spacial score (nSPS) is 27.8. The van der Waals surface area contributed by atoms with Crippen molar-refractivity contribution >= 4 is 17.6 Å². The Morgan fingerprint density at radius 2 is 1.70 bits per heavy atom. The molecule has 2 aliphatic rings. The fourth-order valence-electron chi connectivity index (χ4n) is 5.64. The lowest BCUT2D eigenvalue weighted by Gasteiger charge is -2.49. The Balaban J connectivity index is 1.91. The zero-order valence-corrected chi connectivity index (χ0v) is 19.7. The van der Waals surface area contributed by atoms with Crippen molar-refractivity contribution in [2.24, 2.45) is 5.92 Å². The van der Waals surface area contributed by atoms with Crippen LogP contribution in [0, 0.1) is 5.92 Å². The van der Waals surface area contributed by atoms with Gasteiger partial charge in [-0.2, -0.15) is 13.2 Å². The summed E-state index contributed by atoms with van der Waals surface area (Å²) < 4.78 is 51.3. The Kier molecular flexibility index (Phi) is 5.50. The number of fused-ring (bicyclic) bond motifs is 4. The van der Waals surface area contributed by atoms with Crippen LogP contribution in [-0.2, 0) is 22.2 Å². The van der Waals surface area contributed by atoms with Crippen molar-refractivity contribution in [3.05, 3.63) is 88.1 Å². The number of aromatic nitrogens is 1. The van der Waals surface area contributed by atoms with Gasteiger partial charge in [0.25, 0.3) is 0 Å². The molecule has 0 spiro atoms. The number of aliphatic carboxylic acids is 1. The summed E-state index contributed by atoms with van der Waals surface area (Å²) in [5.41, 5.74) is -7.04. The van der Waals surface area contributed by atoms with Crippen LogP contribution in [0.2, 0.25) is 5.15 Å². The average molecular weight is 538 g/mol. The summed E-state index contributed by atoms with van der Waals surface area (Å²) in [5, 5.41) is 45.7. The Bertz CT molecular complexity index is 1380. The molecule has 4 unspecified atom stereocenters. The molecule has 12 heteroatoms. The summed E-state index contributed by atoms with van der Waals surface area (Å²) in [5.74, 6) is -9.27. The van der Waals surface area contributed by atoms with Gasteiger partial charge in [0.2, 0.25) is 11.7 Å². The lowest BCUT2D eigenvalue weighted by atomic mass is 9.74. The minimum Gasteiger partial charge on any atom is -0.481 e. The van der Waals surface area contributed by atoms with Gasteiger partial charge in [0, 0.05) is 11.6 Å². The van der Waals surface area contributed by atoms with Gasteiger partial charge in [0.1, 0.15) is 16.8 Å². The zero-order valence-electron chi connectivity index (χ0n) is 18.9. The van der Waals surface area contributed by atoms with E-state index >= 15 is 0 Å². The number of rotatable bonds is 4. The number of ether oxygens (including phenoxy) is 2. The monoisotopic (exact) mass is 537 g/mol. The minimum atomic E-state index is -4.70. The van der Waals surface area contributed by atoms with Crippen molar-refractivity contribution in [2.45, 2.75) is 29.1 Å². The smallest absolute Gasteiger partial charge is 0.416 e. The van der Waals surface area contributed by atoms with E-state index in [1.54, 1.807) is 18.2 Å². The molecule has 5 rings (SSSR count). The zero-order chi connectivity index (χ0) is 27.0. The molecular weight excluding hydrogens is 519 g/mol. The van der Waals surface area contributed by atoms with E-state index in [0.717, 1.165) is 25.3 Å². The third-order valence-electron chi connectivity index (χ3n) is 7.10. The second-order valence-corrected chi connectivity index (χ2v) is 9.27. The molecule has 2 heterocycles. The standard InChI is InChI=1S/C25H19ClF3NO7/c1-36-20-18-15(11-16(26)30-20)37-23(13-7-9-14(10-8-13)24(27,28)29)17(12-5-3-2-4-6-12)19(21(31)32)22(18,33)25(23,34)35/h2-11,17,19,33-35H,1H3,(H,31,32). The van der Waals surface area contributed by atoms with Crippen LogP contribution in [0.1, 0.15) is 28.2 Å². The summed E-state index contributed by atoms with van der Waals surface area (Å²) in [7, 11) is 1.15. The number of benzene rings is 2. The van der Waals surface area contributed by atoms with Crippen molar-refractivity contribution in [1.29, 1.82) is 0 Å². The number of hydrogen-bond donors (Lipinski definition) is 4. The predicted octanol–water partition coefficient (Wildman–Crippen LogP) is 3.42. The molecule has 0 radical (unpaired) electrons. The maximum Gasteiger partial charge on any atom is 0.416 e. The summed E-state index contributed by atoms with van der Waals surface area (Å²) in [6, 6.07) is 12.2. The van der Waals surface area contributed by atoms with E-state index in [0.29, 0.717) is 12.1 Å². The molecule has 4 N–H and O–H groups in total. The number of carboxylic acids is 1. The maximum atomic E-state index is 13.3. The summed E-state index contributed by atoms with van der Waals surface area (Å²) in [4.78, 5) is 16.7. The SMILES string of the molecule is COc1nc(Cl)cc2c1C1(O)C(C(=O)O)C(c3ccccc3)C(c3ccc(C(F)(F)F)cc3)(O2)C1(O)O. The van der Waals surface area contributed by atoms with Gasteiger partial charge in [0.05, 0.1) is 24.2 Å². The molecule has 37 heavy (non-hydrogen) atoms. The van der Waals surface area contributed by atoms with Crippen LogP contribution in [0.25, 0.3) is 0 Å². The Morgan fingerprint density at radius 1 is 1.08 bits per heavy atom. The first kappa shape index (κ1) is 25.3. The number of aliphatic hydroxyl groups is 3. The van der Waals surface area contributed by atoms with E-state index in [-0.39, 0.29) is 22.0 Å². The molecule has 1 aliphatic heterocycles. The van der Waals surface area contributed by atoms with E-state index in [4.69, 9.17) is 21.1 Å². The molecular formula is C25H19ClF3NO7. The maximum absolute atomic E-state index is 13.3.